The number of rotatable bonds is 4. The molecule has 1 aromatic rings. The van der Waals surface area contributed by atoms with Crippen molar-refractivity contribution in [1.29, 1.82) is 0 Å². The second-order valence-corrected chi connectivity index (χ2v) is 3.39. The molecule has 0 atom stereocenters. The van der Waals surface area contributed by atoms with Crippen molar-refractivity contribution in [2.75, 3.05) is 24.3 Å². The first kappa shape index (κ1) is 14.2. The summed E-state index contributed by atoms with van der Waals surface area (Å²) in [6, 6.07) is 3.50. The number of halogens is 4. The van der Waals surface area contributed by atoms with Gasteiger partial charge in [0.2, 0.25) is 5.91 Å². The largest absolute Gasteiger partial charge is 0.411 e. The van der Waals surface area contributed by atoms with Gasteiger partial charge in [-0.25, -0.2) is 4.39 Å². The zero-order valence-corrected chi connectivity index (χ0v) is 9.05. The molecule has 0 saturated heterocycles. The van der Waals surface area contributed by atoms with E-state index in [0.29, 0.717) is 0 Å². The van der Waals surface area contributed by atoms with E-state index in [-0.39, 0.29) is 11.4 Å². The quantitative estimate of drug-likeness (QED) is 0.646. The van der Waals surface area contributed by atoms with Crippen molar-refractivity contribution in [3.63, 3.8) is 0 Å². The van der Waals surface area contributed by atoms with E-state index in [0.717, 1.165) is 6.07 Å². The number of ether oxygens (including phenoxy) is 1. The van der Waals surface area contributed by atoms with E-state index in [1.54, 1.807) is 0 Å². The van der Waals surface area contributed by atoms with Crippen LogP contribution >= 0.6 is 0 Å². The molecule has 0 heterocycles. The van der Waals surface area contributed by atoms with Crippen molar-refractivity contribution in [2.24, 2.45) is 0 Å². The molecular weight excluding hydrogens is 256 g/mol. The maximum Gasteiger partial charge on any atom is 0.411 e. The van der Waals surface area contributed by atoms with Gasteiger partial charge in [-0.3, -0.25) is 4.79 Å². The van der Waals surface area contributed by atoms with Crippen LogP contribution in [0.2, 0.25) is 0 Å². The highest BCUT2D eigenvalue weighted by molar-refractivity contribution is 5.91. The zero-order valence-electron chi connectivity index (χ0n) is 9.05. The van der Waals surface area contributed by atoms with Gasteiger partial charge < -0.3 is 15.8 Å². The Morgan fingerprint density at radius 1 is 1.39 bits per heavy atom. The number of hydrogen-bond acceptors (Lipinski definition) is 3. The van der Waals surface area contributed by atoms with E-state index in [2.05, 4.69) is 10.1 Å². The fourth-order valence-electron chi connectivity index (χ4n) is 1.06. The Bertz CT molecular complexity index is 434. The average Bonchev–Trinajstić information content (AvgIpc) is 2.21. The van der Waals surface area contributed by atoms with Crippen molar-refractivity contribution in [3.8, 4) is 0 Å². The summed E-state index contributed by atoms with van der Waals surface area (Å²) >= 11 is 0. The van der Waals surface area contributed by atoms with Crippen LogP contribution in [0.5, 0.6) is 0 Å². The number of carbonyl (C=O) groups excluding carboxylic acids is 1. The molecule has 0 radical (unpaired) electrons. The SMILES string of the molecule is Nc1ccc(NC(=O)COCC(F)(F)F)cc1F. The highest BCUT2D eigenvalue weighted by Crippen LogP contribution is 2.16. The number of nitrogens with two attached hydrogens (primary N) is 1. The number of amides is 1. The number of anilines is 2. The van der Waals surface area contributed by atoms with E-state index in [9.17, 15) is 22.4 Å². The minimum Gasteiger partial charge on any atom is -0.396 e. The van der Waals surface area contributed by atoms with Gasteiger partial charge in [-0.2, -0.15) is 13.2 Å². The molecule has 0 spiro atoms. The zero-order chi connectivity index (χ0) is 13.8. The Kier molecular flexibility index (Phi) is 4.49. The predicted octanol–water partition coefficient (Wildman–Crippen LogP) is 1.93. The van der Waals surface area contributed by atoms with Crippen LogP contribution in [0.1, 0.15) is 0 Å². The number of nitrogens with one attached hydrogen (secondary N) is 1. The first-order chi connectivity index (χ1) is 8.28. The van der Waals surface area contributed by atoms with Gasteiger partial charge in [-0.15, -0.1) is 0 Å². The molecular formula is C10H10F4N2O2. The summed E-state index contributed by atoms with van der Waals surface area (Å²) in [5, 5.41) is 2.17. The lowest BCUT2D eigenvalue weighted by atomic mass is 10.2. The van der Waals surface area contributed by atoms with Crippen molar-refractivity contribution in [1.82, 2.24) is 0 Å². The van der Waals surface area contributed by atoms with Gasteiger partial charge in [0.25, 0.3) is 0 Å². The van der Waals surface area contributed by atoms with Crippen molar-refractivity contribution >= 4 is 17.3 Å². The minimum atomic E-state index is -4.49. The topological polar surface area (TPSA) is 64.3 Å². The van der Waals surface area contributed by atoms with E-state index in [1.807, 2.05) is 0 Å². The lowest BCUT2D eigenvalue weighted by Crippen LogP contribution is -2.24. The minimum absolute atomic E-state index is 0.0855. The molecule has 1 rings (SSSR count). The second kappa shape index (κ2) is 5.67. The van der Waals surface area contributed by atoms with Crippen LogP contribution in [0.15, 0.2) is 18.2 Å². The van der Waals surface area contributed by atoms with Crippen LogP contribution in [-0.4, -0.2) is 25.3 Å². The Hall–Kier alpha value is -1.83. The summed E-state index contributed by atoms with van der Waals surface area (Å²) in [4.78, 5) is 11.1. The third kappa shape index (κ3) is 5.00. The number of nitrogen functional groups attached to an aromatic ring is 1. The van der Waals surface area contributed by atoms with E-state index in [4.69, 9.17) is 5.73 Å². The first-order valence-corrected chi connectivity index (χ1v) is 4.77. The molecule has 1 aromatic carbocycles. The average molecular weight is 266 g/mol. The summed E-state index contributed by atoms with van der Waals surface area (Å²) in [7, 11) is 0. The molecule has 0 saturated carbocycles. The molecule has 0 aliphatic heterocycles. The third-order valence-electron chi connectivity index (χ3n) is 1.78. The summed E-state index contributed by atoms with van der Waals surface area (Å²) in [5.41, 5.74) is 5.20. The first-order valence-electron chi connectivity index (χ1n) is 4.77. The summed E-state index contributed by atoms with van der Waals surface area (Å²) in [5.74, 6) is -1.55. The van der Waals surface area contributed by atoms with Crippen LogP contribution in [0.3, 0.4) is 0 Å². The number of hydrogen-bond donors (Lipinski definition) is 2. The maximum atomic E-state index is 13.0. The smallest absolute Gasteiger partial charge is 0.396 e. The van der Waals surface area contributed by atoms with E-state index < -0.39 is 31.1 Å². The van der Waals surface area contributed by atoms with Gasteiger partial charge in [0.15, 0.2) is 0 Å². The van der Waals surface area contributed by atoms with Crippen molar-refractivity contribution in [3.05, 3.63) is 24.0 Å². The molecule has 100 valence electrons. The standard InChI is InChI=1S/C10H10F4N2O2/c11-7-3-6(1-2-8(7)15)16-9(17)4-18-5-10(12,13)14/h1-3H,4-5,15H2,(H,16,17). The van der Waals surface area contributed by atoms with Crippen molar-refractivity contribution < 1.29 is 27.1 Å². The molecule has 3 N–H and O–H groups in total. The lowest BCUT2D eigenvalue weighted by molar-refractivity contribution is -0.174. The Labute approximate surface area is 99.7 Å². The number of benzene rings is 1. The number of alkyl halides is 3. The number of carbonyl (C=O) groups is 1. The van der Waals surface area contributed by atoms with Gasteiger partial charge in [-0.1, -0.05) is 0 Å². The summed E-state index contributed by atoms with van der Waals surface area (Å²) in [6.45, 7) is -2.29. The molecule has 0 aliphatic carbocycles. The van der Waals surface area contributed by atoms with Crippen LogP contribution in [0, 0.1) is 5.82 Å². The molecule has 0 aromatic heterocycles. The molecule has 1 amide bonds. The molecule has 8 heteroatoms. The van der Waals surface area contributed by atoms with Gasteiger partial charge in [-0.05, 0) is 18.2 Å². The van der Waals surface area contributed by atoms with E-state index in [1.165, 1.54) is 12.1 Å². The highest BCUT2D eigenvalue weighted by Gasteiger charge is 2.27. The second-order valence-electron chi connectivity index (χ2n) is 3.39. The molecule has 0 unspecified atom stereocenters. The normalized spacial score (nSPS) is 11.3. The summed E-state index contributed by atoms with van der Waals surface area (Å²) < 4.78 is 52.2. The molecule has 0 bridgehead atoms. The van der Waals surface area contributed by atoms with Gasteiger partial charge in [0.1, 0.15) is 19.0 Å². The highest BCUT2D eigenvalue weighted by atomic mass is 19.4. The van der Waals surface area contributed by atoms with Crippen LogP contribution in [-0.2, 0) is 9.53 Å². The third-order valence-corrected chi connectivity index (χ3v) is 1.78. The van der Waals surface area contributed by atoms with Gasteiger partial charge in [0.05, 0.1) is 5.69 Å². The maximum absolute atomic E-state index is 13.0. The predicted molar refractivity (Wildman–Crippen MR) is 56.3 cm³/mol. The van der Waals surface area contributed by atoms with Crippen LogP contribution in [0.4, 0.5) is 28.9 Å². The molecule has 18 heavy (non-hydrogen) atoms. The van der Waals surface area contributed by atoms with Gasteiger partial charge in [0, 0.05) is 5.69 Å². The monoisotopic (exact) mass is 266 g/mol. The fraction of sp³-hybridized carbons (Fsp3) is 0.300. The van der Waals surface area contributed by atoms with Crippen molar-refractivity contribution in [2.45, 2.75) is 6.18 Å². The molecule has 0 aliphatic rings. The molecule has 4 nitrogen and oxygen atoms in total. The van der Waals surface area contributed by atoms with Crippen LogP contribution < -0.4 is 11.1 Å². The van der Waals surface area contributed by atoms with Crippen LogP contribution in [0.25, 0.3) is 0 Å². The summed E-state index contributed by atoms with van der Waals surface area (Å²) in [6.07, 6.45) is -4.49. The Balaban J connectivity index is 2.42. The molecule has 0 fully saturated rings. The van der Waals surface area contributed by atoms with Gasteiger partial charge >= 0.3 is 6.18 Å². The Morgan fingerprint density at radius 2 is 2.06 bits per heavy atom. The lowest BCUT2D eigenvalue weighted by Gasteiger charge is -2.08. The Morgan fingerprint density at radius 3 is 2.61 bits per heavy atom. The fourth-order valence-corrected chi connectivity index (χ4v) is 1.06. The van der Waals surface area contributed by atoms with E-state index >= 15 is 0 Å².